The Hall–Kier alpha value is -1.58. The third-order valence-electron chi connectivity index (χ3n) is 3.95. The molecule has 3 nitrogen and oxygen atoms in total. The van der Waals surface area contributed by atoms with E-state index in [0.717, 1.165) is 25.9 Å². The fourth-order valence-electron chi connectivity index (χ4n) is 2.51. The number of nitrogens with two attached hydrogens (primary N) is 1. The van der Waals surface area contributed by atoms with Crippen molar-refractivity contribution in [1.82, 2.24) is 4.90 Å². The van der Waals surface area contributed by atoms with Crippen LogP contribution in [0.5, 0.6) is 0 Å². The van der Waals surface area contributed by atoms with E-state index in [2.05, 4.69) is 9.89 Å². The van der Waals surface area contributed by atoms with E-state index < -0.39 is 0 Å². The summed E-state index contributed by atoms with van der Waals surface area (Å²) < 4.78 is 12.8. The Morgan fingerprint density at radius 1 is 1.22 bits per heavy atom. The second-order valence-electron chi connectivity index (χ2n) is 5.20. The Balaban J connectivity index is 1.55. The smallest absolute Gasteiger partial charge is 0.191 e. The first-order valence-corrected chi connectivity index (χ1v) is 6.56. The number of nitrogens with zero attached hydrogens (tertiary/aromatic N) is 2. The van der Waals surface area contributed by atoms with Gasteiger partial charge in [-0.1, -0.05) is 12.1 Å². The lowest BCUT2D eigenvalue weighted by atomic mass is 9.76. The van der Waals surface area contributed by atoms with E-state index in [9.17, 15) is 4.39 Å². The minimum atomic E-state index is -0.172. The highest BCUT2D eigenvalue weighted by molar-refractivity contribution is 5.79. The molecule has 1 aliphatic heterocycles. The Morgan fingerprint density at radius 3 is 2.44 bits per heavy atom. The predicted octanol–water partition coefficient (Wildman–Crippen LogP) is 2.09. The first-order chi connectivity index (χ1) is 8.72. The lowest BCUT2D eigenvalue weighted by Gasteiger charge is -2.36. The van der Waals surface area contributed by atoms with Gasteiger partial charge in [-0.3, -0.25) is 0 Å². The molecule has 1 aromatic rings. The first kappa shape index (κ1) is 11.5. The summed E-state index contributed by atoms with van der Waals surface area (Å²) in [5.41, 5.74) is 7.13. The number of likely N-dealkylation sites (tertiary alicyclic amines) is 1. The van der Waals surface area contributed by atoms with Gasteiger partial charge in [-0.15, -0.1) is 0 Å². The molecule has 18 heavy (non-hydrogen) atoms. The van der Waals surface area contributed by atoms with Gasteiger partial charge in [0.05, 0.1) is 6.04 Å². The van der Waals surface area contributed by atoms with Gasteiger partial charge in [-0.25, -0.2) is 9.38 Å². The standard InChI is InChI=1S/C14H18FN3/c15-12-4-2-10(3-5-12)11-8-13(9-11)17-14(16)18-6-1-7-18/h2-5,11,13H,1,6-9H2,(H2,16,17). The molecule has 1 aromatic carbocycles. The summed E-state index contributed by atoms with van der Waals surface area (Å²) in [6.07, 6.45) is 3.28. The largest absolute Gasteiger partial charge is 0.370 e. The molecule has 1 heterocycles. The molecule has 0 atom stereocenters. The van der Waals surface area contributed by atoms with E-state index in [1.165, 1.54) is 24.1 Å². The van der Waals surface area contributed by atoms with Crippen molar-refractivity contribution >= 4 is 5.96 Å². The maximum atomic E-state index is 12.8. The van der Waals surface area contributed by atoms with E-state index >= 15 is 0 Å². The van der Waals surface area contributed by atoms with Crippen LogP contribution in [-0.2, 0) is 0 Å². The maximum Gasteiger partial charge on any atom is 0.191 e. The Kier molecular flexibility index (Phi) is 2.94. The minimum absolute atomic E-state index is 0.172. The number of hydrogen-bond donors (Lipinski definition) is 1. The summed E-state index contributed by atoms with van der Waals surface area (Å²) >= 11 is 0. The fraction of sp³-hybridized carbons (Fsp3) is 0.500. The minimum Gasteiger partial charge on any atom is -0.370 e. The van der Waals surface area contributed by atoms with Crippen LogP contribution in [-0.4, -0.2) is 30.0 Å². The molecule has 0 bridgehead atoms. The van der Waals surface area contributed by atoms with Crippen LogP contribution in [0, 0.1) is 5.82 Å². The zero-order chi connectivity index (χ0) is 12.5. The fourth-order valence-corrected chi connectivity index (χ4v) is 2.51. The maximum absolute atomic E-state index is 12.8. The quantitative estimate of drug-likeness (QED) is 0.642. The zero-order valence-corrected chi connectivity index (χ0v) is 10.3. The molecule has 0 unspecified atom stereocenters. The number of hydrogen-bond acceptors (Lipinski definition) is 1. The van der Waals surface area contributed by atoms with Gasteiger partial charge >= 0.3 is 0 Å². The normalized spacial score (nSPS) is 27.6. The van der Waals surface area contributed by atoms with Crippen molar-refractivity contribution in [3.8, 4) is 0 Å². The van der Waals surface area contributed by atoms with E-state index in [1.54, 1.807) is 0 Å². The second-order valence-corrected chi connectivity index (χ2v) is 5.20. The molecule has 0 spiro atoms. The topological polar surface area (TPSA) is 41.6 Å². The molecule has 0 aromatic heterocycles. The van der Waals surface area contributed by atoms with Gasteiger partial charge in [0.15, 0.2) is 5.96 Å². The molecule has 1 saturated carbocycles. The van der Waals surface area contributed by atoms with Crippen LogP contribution in [0.2, 0.25) is 0 Å². The molecule has 0 radical (unpaired) electrons. The Bertz CT molecular complexity index is 445. The van der Waals surface area contributed by atoms with Crippen LogP contribution in [0.3, 0.4) is 0 Å². The van der Waals surface area contributed by atoms with E-state index in [1.807, 2.05) is 12.1 Å². The zero-order valence-electron chi connectivity index (χ0n) is 10.3. The molecule has 1 aliphatic carbocycles. The number of halogens is 1. The van der Waals surface area contributed by atoms with E-state index in [-0.39, 0.29) is 5.82 Å². The summed E-state index contributed by atoms with van der Waals surface area (Å²) in [4.78, 5) is 6.66. The third-order valence-corrected chi connectivity index (χ3v) is 3.95. The van der Waals surface area contributed by atoms with Gasteiger partial charge in [0.1, 0.15) is 5.82 Å². The predicted molar refractivity (Wildman–Crippen MR) is 70.0 cm³/mol. The van der Waals surface area contributed by atoms with Gasteiger partial charge in [-0.05, 0) is 42.9 Å². The molecule has 2 N–H and O–H groups in total. The molecular weight excluding hydrogens is 229 g/mol. The van der Waals surface area contributed by atoms with Crippen LogP contribution in [0.4, 0.5) is 4.39 Å². The van der Waals surface area contributed by atoms with Crippen LogP contribution < -0.4 is 5.73 Å². The average molecular weight is 247 g/mol. The van der Waals surface area contributed by atoms with Crippen molar-refractivity contribution < 1.29 is 4.39 Å². The molecule has 96 valence electrons. The summed E-state index contributed by atoms with van der Waals surface area (Å²) in [6.45, 7) is 2.09. The molecular formula is C14H18FN3. The van der Waals surface area contributed by atoms with Crippen molar-refractivity contribution in [3.63, 3.8) is 0 Å². The summed E-state index contributed by atoms with van der Waals surface area (Å²) in [7, 11) is 0. The first-order valence-electron chi connectivity index (χ1n) is 6.56. The van der Waals surface area contributed by atoms with Gasteiger partial charge in [0.2, 0.25) is 0 Å². The van der Waals surface area contributed by atoms with Crippen LogP contribution in [0.25, 0.3) is 0 Å². The summed E-state index contributed by atoms with van der Waals surface area (Å²) in [6, 6.07) is 7.15. The van der Waals surface area contributed by atoms with Crippen molar-refractivity contribution in [3.05, 3.63) is 35.6 Å². The van der Waals surface area contributed by atoms with Gasteiger partial charge in [-0.2, -0.15) is 0 Å². The van der Waals surface area contributed by atoms with Crippen molar-refractivity contribution in [2.75, 3.05) is 13.1 Å². The highest BCUT2D eigenvalue weighted by Gasteiger charge is 2.31. The average Bonchev–Trinajstić information content (AvgIpc) is 2.22. The van der Waals surface area contributed by atoms with E-state index in [0.29, 0.717) is 17.9 Å². The van der Waals surface area contributed by atoms with Crippen LogP contribution in [0.1, 0.15) is 30.7 Å². The summed E-state index contributed by atoms with van der Waals surface area (Å²) in [5, 5.41) is 0. The Labute approximate surface area is 106 Å². The molecule has 0 amide bonds. The number of benzene rings is 1. The van der Waals surface area contributed by atoms with Crippen molar-refractivity contribution in [1.29, 1.82) is 0 Å². The summed E-state index contributed by atoms with van der Waals surface area (Å²) in [5.74, 6) is 1.04. The highest BCUT2D eigenvalue weighted by Crippen LogP contribution is 2.38. The number of guanidine groups is 1. The van der Waals surface area contributed by atoms with Crippen molar-refractivity contribution in [2.24, 2.45) is 10.7 Å². The molecule has 1 saturated heterocycles. The highest BCUT2D eigenvalue weighted by atomic mass is 19.1. The van der Waals surface area contributed by atoms with E-state index in [4.69, 9.17) is 5.73 Å². The van der Waals surface area contributed by atoms with Crippen molar-refractivity contribution in [2.45, 2.75) is 31.2 Å². The van der Waals surface area contributed by atoms with Gasteiger partial charge in [0.25, 0.3) is 0 Å². The molecule has 2 fully saturated rings. The second kappa shape index (κ2) is 4.59. The monoisotopic (exact) mass is 247 g/mol. The van der Waals surface area contributed by atoms with Crippen LogP contribution in [0.15, 0.2) is 29.3 Å². The number of rotatable bonds is 2. The molecule has 2 aliphatic rings. The SMILES string of the molecule is NC(=NC1CC(c2ccc(F)cc2)C1)N1CCC1. The van der Waals surface area contributed by atoms with Gasteiger partial charge in [0, 0.05) is 13.1 Å². The lowest BCUT2D eigenvalue weighted by Crippen LogP contribution is -2.47. The molecule has 4 heteroatoms. The molecule has 3 rings (SSSR count). The van der Waals surface area contributed by atoms with Gasteiger partial charge < -0.3 is 10.6 Å². The Morgan fingerprint density at radius 2 is 1.89 bits per heavy atom. The third kappa shape index (κ3) is 2.19. The lowest BCUT2D eigenvalue weighted by molar-refractivity contribution is 0.286. The number of aliphatic imine (C=N–C) groups is 1. The van der Waals surface area contributed by atoms with Crippen LogP contribution >= 0.6 is 0 Å².